The highest BCUT2D eigenvalue weighted by molar-refractivity contribution is 5.88. The van der Waals surface area contributed by atoms with E-state index in [0.29, 0.717) is 5.41 Å². The van der Waals surface area contributed by atoms with E-state index in [-0.39, 0.29) is 23.7 Å². The maximum absolute atomic E-state index is 12.2. The molecule has 34 heavy (non-hydrogen) atoms. The summed E-state index contributed by atoms with van der Waals surface area (Å²) in [5, 5.41) is 9.19. The van der Waals surface area contributed by atoms with Crippen LogP contribution in [0.25, 0.3) is 0 Å². The fourth-order valence-corrected chi connectivity index (χ4v) is 9.05. The van der Waals surface area contributed by atoms with E-state index in [4.69, 9.17) is 4.74 Å². The topological polar surface area (TPSA) is 46.5 Å². The third-order valence-corrected chi connectivity index (χ3v) is 11.0. The van der Waals surface area contributed by atoms with Crippen LogP contribution in [-0.2, 0) is 9.53 Å². The minimum absolute atomic E-state index is 0.0666. The van der Waals surface area contributed by atoms with Crippen molar-refractivity contribution in [3.05, 3.63) is 23.8 Å². The normalized spacial score (nSPS) is 40.1. The van der Waals surface area contributed by atoms with Crippen molar-refractivity contribution in [2.24, 2.45) is 46.3 Å². The van der Waals surface area contributed by atoms with Crippen LogP contribution < -0.4 is 0 Å². The van der Waals surface area contributed by atoms with Gasteiger partial charge in [-0.3, -0.25) is 0 Å². The molecule has 4 rings (SSSR count). The summed E-state index contributed by atoms with van der Waals surface area (Å²) >= 11 is 0. The Morgan fingerprint density at radius 3 is 2.59 bits per heavy atom. The highest BCUT2D eigenvalue weighted by Crippen LogP contribution is 2.67. The van der Waals surface area contributed by atoms with E-state index in [1.807, 2.05) is 0 Å². The average molecular weight is 471 g/mol. The number of esters is 1. The van der Waals surface area contributed by atoms with E-state index in [2.05, 4.69) is 47.3 Å². The smallest absolute Gasteiger partial charge is 0.336 e. The number of carbonyl (C=O) groups excluding carboxylic acids is 1. The van der Waals surface area contributed by atoms with Crippen molar-refractivity contribution in [2.45, 2.75) is 111 Å². The fraction of sp³-hybridized carbons (Fsp3) is 0.839. The van der Waals surface area contributed by atoms with Crippen LogP contribution in [-0.4, -0.2) is 23.8 Å². The third-order valence-electron chi connectivity index (χ3n) is 11.0. The van der Waals surface area contributed by atoms with Crippen LogP contribution in [0, 0.1) is 46.3 Å². The molecule has 0 aromatic carbocycles. The van der Waals surface area contributed by atoms with Crippen LogP contribution in [0.3, 0.4) is 0 Å². The molecule has 0 saturated heterocycles. The molecule has 0 aromatic heterocycles. The predicted molar refractivity (Wildman–Crippen MR) is 139 cm³/mol. The van der Waals surface area contributed by atoms with Gasteiger partial charge in [-0.15, -0.1) is 0 Å². The molecule has 1 N–H and O–H groups in total. The molecule has 1 unspecified atom stereocenters. The molecule has 0 aliphatic heterocycles. The first kappa shape index (κ1) is 26.0. The maximum Gasteiger partial charge on any atom is 0.336 e. The van der Waals surface area contributed by atoms with Crippen molar-refractivity contribution in [3.63, 3.8) is 0 Å². The lowest BCUT2D eigenvalue weighted by Gasteiger charge is -2.58. The maximum atomic E-state index is 12.2. The molecule has 0 heterocycles. The number of aliphatic hydroxyl groups is 1. The van der Waals surface area contributed by atoms with Crippen LogP contribution in [0.1, 0.15) is 105 Å². The van der Waals surface area contributed by atoms with E-state index in [0.717, 1.165) is 54.8 Å². The zero-order valence-corrected chi connectivity index (χ0v) is 22.6. The molecule has 3 fully saturated rings. The quantitative estimate of drug-likeness (QED) is 0.227. The van der Waals surface area contributed by atoms with Crippen LogP contribution in [0.2, 0.25) is 0 Å². The van der Waals surface area contributed by atoms with Crippen molar-refractivity contribution < 1.29 is 14.6 Å². The summed E-state index contributed by atoms with van der Waals surface area (Å²) < 4.78 is 5.71. The SMILES string of the molecule is C=C(CO)C(=O)O[C@H]1CC[C@@]2(C)C(=CC[C@@H]3[C@@H]2CC[C@]2(C)C([C@H](C)CCCC(C)C)CC[C@@H]32)C1. The summed E-state index contributed by atoms with van der Waals surface area (Å²) in [6.07, 6.45) is 16.4. The molecule has 0 aromatic rings. The lowest BCUT2D eigenvalue weighted by molar-refractivity contribution is -0.147. The van der Waals surface area contributed by atoms with Crippen molar-refractivity contribution in [3.8, 4) is 0 Å². The number of hydrogen-bond donors (Lipinski definition) is 1. The van der Waals surface area contributed by atoms with Gasteiger partial charge in [-0.2, -0.15) is 0 Å². The Hall–Kier alpha value is -1.09. The first-order valence-electron chi connectivity index (χ1n) is 14.3. The van der Waals surface area contributed by atoms with Gasteiger partial charge in [0.2, 0.25) is 0 Å². The zero-order chi connectivity index (χ0) is 24.7. The van der Waals surface area contributed by atoms with Gasteiger partial charge < -0.3 is 9.84 Å². The summed E-state index contributed by atoms with van der Waals surface area (Å²) in [6, 6.07) is 0. The van der Waals surface area contributed by atoms with E-state index in [9.17, 15) is 9.90 Å². The Balaban J connectivity index is 1.44. The average Bonchev–Trinajstić information content (AvgIpc) is 3.15. The van der Waals surface area contributed by atoms with Crippen molar-refractivity contribution in [2.75, 3.05) is 6.61 Å². The van der Waals surface area contributed by atoms with Gasteiger partial charge in [0.05, 0.1) is 12.2 Å². The minimum Gasteiger partial charge on any atom is -0.459 e. The van der Waals surface area contributed by atoms with E-state index in [1.54, 1.807) is 0 Å². The van der Waals surface area contributed by atoms with Gasteiger partial charge in [0.25, 0.3) is 0 Å². The summed E-state index contributed by atoms with van der Waals surface area (Å²) in [4.78, 5) is 12.2. The summed E-state index contributed by atoms with van der Waals surface area (Å²) in [5.74, 6) is 4.64. The molecule has 8 atom stereocenters. The van der Waals surface area contributed by atoms with Gasteiger partial charge in [-0.05, 0) is 91.3 Å². The Morgan fingerprint density at radius 2 is 1.88 bits per heavy atom. The Kier molecular flexibility index (Phi) is 7.73. The molecular weight excluding hydrogens is 420 g/mol. The highest BCUT2D eigenvalue weighted by Gasteiger charge is 2.59. The monoisotopic (exact) mass is 470 g/mol. The van der Waals surface area contributed by atoms with Crippen LogP contribution >= 0.6 is 0 Å². The van der Waals surface area contributed by atoms with Crippen LogP contribution in [0.15, 0.2) is 23.8 Å². The second kappa shape index (κ2) is 10.1. The third kappa shape index (κ3) is 4.67. The standard InChI is InChI=1S/C31H50O3/c1-20(2)8-7-9-21(3)26-12-13-27-25-11-10-23-18-24(34-29(33)22(4)19-32)14-16-30(23,5)28(25)15-17-31(26,27)6/h10,20-21,24-28,32H,4,7-9,11-19H2,1-3,5-6H3/t21-,24+,25+,26?,27+,28+,30+,31-/m1/s1. The molecule has 3 saturated carbocycles. The Morgan fingerprint density at radius 1 is 1.12 bits per heavy atom. The Labute approximate surface area is 208 Å². The van der Waals surface area contributed by atoms with Gasteiger partial charge in [0.15, 0.2) is 0 Å². The first-order chi connectivity index (χ1) is 16.1. The van der Waals surface area contributed by atoms with Crippen LogP contribution in [0.4, 0.5) is 0 Å². The van der Waals surface area contributed by atoms with Gasteiger partial charge in [0.1, 0.15) is 6.10 Å². The zero-order valence-electron chi connectivity index (χ0n) is 22.6. The van der Waals surface area contributed by atoms with Gasteiger partial charge in [-0.25, -0.2) is 4.79 Å². The second-order valence-corrected chi connectivity index (χ2v) is 13.3. The van der Waals surface area contributed by atoms with Gasteiger partial charge >= 0.3 is 5.97 Å². The minimum atomic E-state index is -0.432. The number of rotatable bonds is 8. The molecule has 192 valence electrons. The second-order valence-electron chi connectivity index (χ2n) is 13.3. The van der Waals surface area contributed by atoms with E-state index < -0.39 is 5.97 Å². The summed E-state index contributed by atoms with van der Waals surface area (Å²) in [6.45, 7) is 15.7. The summed E-state index contributed by atoms with van der Waals surface area (Å²) in [5.41, 5.74) is 2.49. The Bertz CT molecular complexity index is 796. The van der Waals surface area contributed by atoms with Crippen molar-refractivity contribution in [1.82, 2.24) is 0 Å². The number of fused-ring (bicyclic) bond motifs is 5. The molecule has 0 radical (unpaired) electrons. The number of allylic oxidation sites excluding steroid dienone is 1. The molecule has 0 spiro atoms. The van der Waals surface area contributed by atoms with Crippen molar-refractivity contribution >= 4 is 5.97 Å². The van der Waals surface area contributed by atoms with Crippen molar-refractivity contribution in [1.29, 1.82) is 0 Å². The molecule has 0 amide bonds. The van der Waals surface area contributed by atoms with Crippen LogP contribution in [0.5, 0.6) is 0 Å². The molecular formula is C31H50O3. The lowest BCUT2D eigenvalue weighted by atomic mass is 9.47. The van der Waals surface area contributed by atoms with E-state index in [1.165, 1.54) is 56.9 Å². The van der Waals surface area contributed by atoms with Gasteiger partial charge in [0, 0.05) is 6.42 Å². The summed E-state index contributed by atoms with van der Waals surface area (Å²) in [7, 11) is 0. The number of ether oxygens (including phenoxy) is 1. The molecule has 3 heteroatoms. The molecule has 0 bridgehead atoms. The molecule has 3 nitrogen and oxygen atoms in total. The van der Waals surface area contributed by atoms with Gasteiger partial charge in [-0.1, -0.05) is 72.1 Å². The largest absolute Gasteiger partial charge is 0.459 e. The predicted octanol–water partition coefficient (Wildman–Crippen LogP) is 7.49. The molecule has 4 aliphatic carbocycles. The van der Waals surface area contributed by atoms with E-state index >= 15 is 0 Å². The molecule has 4 aliphatic rings. The number of hydrogen-bond acceptors (Lipinski definition) is 3. The first-order valence-corrected chi connectivity index (χ1v) is 14.3. The highest BCUT2D eigenvalue weighted by atomic mass is 16.5. The fourth-order valence-electron chi connectivity index (χ4n) is 9.05. The number of carbonyl (C=O) groups is 1. The number of aliphatic hydroxyl groups excluding tert-OH is 1. The lowest BCUT2D eigenvalue weighted by Crippen LogP contribution is -2.51.